The van der Waals surface area contributed by atoms with Crippen molar-refractivity contribution in [3.8, 4) is 0 Å². The number of aryl methyl sites for hydroxylation is 1. The number of rotatable bonds is 3. The molecule has 0 N–H and O–H groups in total. The second-order valence-electron chi connectivity index (χ2n) is 8.74. The smallest absolute Gasteiger partial charge is 0.251 e. The third-order valence-corrected chi connectivity index (χ3v) is 6.50. The summed E-state index contributed by atoms with van der Waals surface area (Å²) in [5, 5.41) is 11.4. The number of hydrogen-bond acceptors (Lipinski definition) is 5. The summed E-state index contributed by atoms with van der Waals surface area (Å²) < 4.78 is 2.06. The second-order valence-corrected chi connectivity index (χ2v) is 8.74. The third kappa shape index (κ3) is 3.02. The summed E-state index contributed by atoms with van der Waals surface area (Å²) in [7, 11) is 4.17. The van der Waals surface area contributed by atoms with Crippen molar-refractivity contribution >= 4 is 16.6 Å². The molecular weight excluding hydrogens is 362 g/mol. The summed E-state index contributed by atoms with van der Waals surface area (Å²) >= 11 is 0. The van der Waals surface area contributed by atoms with Gasteiger partial charge in [0.15, 0.2) is 5.82 Å². The molecule has 0 amide bonds. The minimum Gasteiger partial charge on any atom is -0.354 e. The van der Waals surface area contributed by atoms with Crippen LogP contribution in [0.15, 0.2) is 47.3 Å². The van der Waals surface area contributed by atoms with Gasteiger partial charge < -0.3 is 14.4 Å². The Morgan fingerprint density at radius 1 is 1.03 bits per heavy atom. The van der Waals surface area contributed by atoms with Gasteiger partial charge in [0.1, 0.15) is 0 Å². The molecule has 29 heavy (non-hydrogen) atoms. The maximum atomic E-state index is 12.8. The normalized spacial score (nSPS) is 23.4. The Labute approximate surface area is 170 Å². The Balaban J connectivity index is 1.60. The predicted molar refractivity (Wildman–Crippen MR) is 116 cm³/mol. The highest BCUT2D eigenvalue weighted by atomic mass is 16.1. The van der Waals surface area contributed by atoms with Crippen molar-refractivity contribution < 1.29 is 0 Å². The fourth-order valence-corrected chi connectivity index (χ4v) is 5.28. The lowest BCUT2D eigenvalue weighted by atomic mass is 9.78. The summed E-state index contributed by atoms with van der Waals surface area (Å²) in [6.45, 7) is 4.65. The average Bonchev–Trinajstić information content (AvgIpc) is 2.71. The first kappa shape index (κ1) is 18.3. The lowest BCUT2D eigenvalue weighted by Crippen LogP contribution is -2.51. The summed E-state index contributed by atoms with van der Waals surface area (Å²) in [5.41, 5.74) is 2.25. The molecule has 3 aromatic rings. The number of piperidine rings is 1. The van der Waals surface area contributed by atoms with E-state index >= 15 is 0 Å². The zero-order chi connectivity index (χ0) is 20.1. The number of anilines is 1. The van der Waals surface area contributed by atoms with Gasteiger partial charge >= 0.3 is 0 Å². The van der Waals surface area contributed by atoms with E-state index in [9.17, 15) is 4.79 Å². The minimum absolute atomic E-state index is 0.123. The molecule has 1 fully saturated rings. The Morgan fingerprint density at radius 3 is 2.62 bits per heavy atom. The van der Waals surface area contributed by atoms with Gasteiger partial charge in [0.2, 0.25) is 0 Å². The average molecular weight is 390 g/mol. The van der Waals surface area contributed by atoms with Crippen LogP contribution in [-0.2, 0) is 0 Å². The quantitative estimate of drug-likeness (QED) is 0.690. The van der Waals surface area contributed by atoms with E-state index in [-0.39, 0.29) is 11.6 Å². The van der Waals surface area contributed by atoms with Crippen LogP contribution < -0.4 is 10.5 Å². The van der Waals surface area contributed by atoms with Crippen molar-refractivity contribution in [3.05, 3.63) is 64.2 Å². The van der Waals surface area contributed by atoms with Gasteiger partial charge in [0, 0.05) is 48.1 Å². The highest BCUT2D eigenvalue weighted by molar-refractivity contribution is 5.93. The van der Waals surface area contributed by atoms with Crippen LogP contribution in [0.25, 0.3) is 10.8 Å². The largest absolute Gasteiger partial charge is 0.354 e. The van der Waals surface area contributed by atoms with E-state index in [0.29, 0.717) is 11.8 Å². The molecular formula is C23H27N5O. The number of nitrogens with zero attached hydrogens (tertiary/aromatic N) is 5. The molecule has 3 atom stereocenters. The molecule has 2 aromatic heterocycles. The number of hydrogen-bond donors (Lipinski definition) is 0. The first-order chi connectivity index (χ1) is 14.0. The van der Waals surface area contributed by atoms with Crippen molar-refractivity contribution in [2.75, 3.05) is 38.6 Å². The Bertz CT molecular complexity index is 1120. The van der Waals surface area contributed by atoms with E-state index in [4.69, 9.17) is 0 Å². The molecule has 2 aliphatic heterocycles. The minimum atomic E-state index is 0.123. The van der Waals surface area contributed by atoms with Gasteiger partial charge in [-0.1, -0.05) is 30.3 Å². The van der Waals surface area contributed by atoms with Crippen molar-refractivity contribution in [2.24, 2.45) is 5.92 Å². The molecule has 0 radical (unpaired) electrons. The van der Waals surface area contributed by atoms with E-state index in [1.54, 1.807) is 6.07 Å². The first-order valence-electron chi connectivity index (χ1n) is 10.4. The van der Waals surface area contributed by atoms with Crippen molar-refractivity contribution in [3.63, 3.8) is 0 Å². The molecule has 2 aliphatic rings. The number of aromatic nitrogens is 3. The molecule has 0 aliphatic carbocycles. The maximum Gasteiger partial charge on any atom is 0.251 e. The van der Waals surface area contributed by atoms with Gasteiger partial charge in [0.05, 0.1) is 11.7 Å². The molecule has 0 spiro atoms. The van der Waals surface area contributed by atoms with Crippen molar-refractivity contribution in [1.82, 2.24) is 19.7 Å². The molecule has 6 heteroatoms. The molecule has 0 unspecified atom stereocenters. The van der Waals surface area contributed by atoms with E-state index in [1.807, 2.05) is 13.0 Å². The molecule has 6 nitrogen and oxygen atoms in total. The molecule has 1 saturated heterocycles. The van der Waals surface area contributed by atoms with Crippen LogP contribution in [-0.4, -0.2) is 53.4 Å². The Morgan fingerprint density at radius 2 is 1.83 bits per heavy atom. The van der Waals surface area contributed by atoms with Crippen LogP contribution in [0.3, 0.4) is 0 Å². The summed E-state index contributed by atoms with van der Waals surface area (Å²) in [6.07, 6.45) is 1.12. The summed E-state index contributed by atoms with van der Waals surface area (Å²) in [5.74, 6) is 1.71. The topological polar surface area (TPSA) is 54.3 Å². The first-order valence-corrected chi connectivity index (χ1v) is 10.4. The monoisotopic (exact) mass is 389 g/mol. The highest BCUT2D eigenvalue weighted by Gasteiger charge is 2.41. The molecule has 150 valence electrons. The van der Waals surface area contributed by atoms with Gasteiger partial charge in [-0.25, -0.2) is 0 Å². The molecule has 1 aromatic carbocycles. The van der Waals surface area contributed by atoms with Crippen LogP contribution in [0.4, 0.5) is 5.82 Å². The summed E-state index contributed by atoms with van der Waals surface area (Å²) in [6, 6.07) is 14.3. The number of fused-ring (bicyclic) bond motifs is 5. The SMILES string of the molecule is Cc1nnc(N2C[C@H]3C[C@@H](C2)[C@H](CN(C)C)n2c3cccc2=O)c2ccccc12. The lowest BCUT2D eigenvalue weighted by Gasteiger charge is -2.48. The van der Waals surface area contributed by atoms with E-state index in [1.165, 1.54) is 0 Å². The van der Waals surface area contributed by atoms with E-state index in [2.05, 4.69) is 69.0 Å². The Hall–Kier alpha value is -2.73. The van der Waals surface area contributed by atoms with Gasteiger partial charge in [-0.05, 0) is 39.4 Å². The van der Waals surface area contributed by atoms with Gasteiger partial charge in [-0.3, -0.25) is 4.79 Å². The standard InChI is InChI=1S/C23H27N5O/c1-15-18-7-4-5-8-19(18)23(25-24-15)27-12-16-11-17(13-27)21(14-26(2)3)28-20(16)9-6-10-22(28)29/h4-10,16-17,21H,11-14H2,1-3H3/t16-,17+,21+/m1/s1. The second kappa shape index (κ2) is 6.95. The molecule has 4 heterocycles. The fraction of sp³-hybridized carbons (Fsp3) is 0.435. The molecule has 2 bridgehead atoms. The summed E-state index contributed by atoms with van der Waals surface area (Å²) in [4.78, 5) is 17.3. The van der Waals surface area contributed by atoms with Crippen LogP contribution in [0.5, 0.6) is 0 Å². The van der Waals surface area contributed by atoms with Crippen LogP contribution in [0.2, 0.25) is 0 Å². The molecule has 0 saturated carbocycles. The van der Waals surface area contributed by atoms with Gasteiger partial charge in [-0.2, -0.15) is 5.10 Å². The predicted octanol–water partition coefficient (Wildman–Crippen LogP) is 2.83. The van der Waals surface area contributed by atoms with Gasteiger partial charge in [-0.15, -0.1) is 5.10 Å². The zero-order valence-corrected chi connectivity index (χ0v) is 17.2. The van der Waals surface area contributed by atoms with Crippen molar-refractivity contribution in [1.29, 1.82) is 0 Å². The number of pyridine rings is 1. The number of likely N-dealkylation sites (N-methyl/N-ethyl adjacent to an activating group) is 1. The van der Waals surface area contributed by atoms with E-state index in [0.717, 1.165) is 54.0 Å². The zero-order valence-electron chi connectivity index (χ0n) is 17.2. The van der Waals surface area contributed by atoms with Gasteiger partial charge in [0.25, 0.3) is 5.56 Å². The van der Waals surface area contributed by atoms with Crippen molar-refractivity contribution in [2.45, 2.75) is 25.3 Å². The van der Waals surface area contributed by atoms with Crippen LogP contribution >= 0.6 is 0 Å². The van der Waals surface area contributed by atoms with Crippen LogP contribution in [0.1, 0.15) is 29.8 Å². The lowest BCUT2D eigenvalue weighted by molar-refractivity contribution is 0.174. The molecule has 5 rings (SSSR count). The van der Waals surface area contributed by atoms with Crippen LogP contribution in [0, 0.1) is 12.8 Å². The van der Waals surface area contributed by atoms with E-state index < -0.39 is 0 Å². The number of benzene rings is 1. The Kier molecular flexibility index (Phi) is 4.39. The highest BCUT2D eigenvalue weighted by Crippen LogP contribution is 2.43. The maximum absolute atomic E-state index is 12.8. The fourth-order valence-electron chi connectivity index (χ4n) is 5.28. The third-order valence-electron chi connectivity index (χ3n) is 6.50.